The fourth-order valence-corrected chi connectivity index (χ4v) is 1.33. The molecule has 0 heterocycles. The third kappa shape index (κ3) is 3.01. The zero-order valence-corrected chi connectivity index (χ0v) is 9.45. The number of methoxy groups -OCH3 is 1. The van der Waals surface area contributed by atoms with Crippen LogP contribution in [-0.2, 0) is 11.4 Å². The minimum absolute atomic E-state index is 0.203. The summed E-state index contributed by atoms with van der Waals surface area (Å²) >= 11 is 5.86. The molecule has 16 heavy (non-hydrogen) atoms. The number of rotatable bonds is 5. The van der Waals surface area contributed by atoms with Gasteiger partial charge >= 0.3 is 0 Å². The van der Waals surface area contributed by atoms with Crippen LogP contribution in [0.1, 0.15) is 5.56 Å². The molecule has 0 aliphatic rings. The van der Waals surface area contributed by atoms with Crippen LogP contribution in [0, 0.1) is 0 Å². The van der Waals surface area contributed by atoms with Crippen molar-refractivity contribution in [3.05, 3.63) is 22.7 Å². The van der Waals surface area contributed by atoms with Gasteiger partial charge in [-0.25, -0.2) is 0 Å². The van der Waals surface area contributed by atoms with Crippen molar-refractivity contribution in [2.45, 2.75) is 6.61 Å². The van der Waals surface area contributed by atoms with Crippen LogP contribution in [0.5, 0.6) is 11.5 Å². The van der Waals surface area contributed by atoms with Crippen molar-refractivity contribution in [2.75, 3.05) is 13.7 Å². The zero-order valence-electron chi connectivity index (χ0n) is 8.70. The van der Waals surface area contributed by atoms with E-state index in [9.17, 15) is 4.79 Å². The highest BCUT2D eigenvalue weighted by atomic mass is 35.5. The summed E-state index contributed by atoms with van der Waals surface area (Å²) in [6.07, 6.45) is 0. The molecule has 1 aromatic rings. The third-order valence-electron chi connectivity index (χ3n) is 1.87. The monoisotopic (exact) mass is 245 g/mol. The van der Waals surface area contributed by atoms with Gasteiger partial charge in [0.25, 0.3) is 5.91 Å². The fourth-order valence-electron chi connectivity index (χ4n) is 1.12. The van der Waals surface area contributed by atoms with Crippen molar-refractivity contribution in [3.8, 4) is 11.5 Å². The van der Waals surface area contributed by atoms with Gasteiger partial charge in [0, 0.05) is 6.07 Å². The summed E-state index contributed by atoms with van der Waals surface area (Å²) in [6.45, 7) is -0.462. The summed E-state index contributed by atoms with van der Waals surface area (Å²) in [7, 11) is 1.45. The molecule has 6 heteroatoms. The molecule has 1 rings (SSSR count). The Morgan fingerprint density at radius 3 is 2.69 bits per heavy atom. The Hall–Kier alpha value is -1.46. The summed E-state index contributed by atoms with van der Waals surface area (Å²) in [5.41, 5.74) is 5.47. The molecule has 0 unspecified atom stereocenters. The first-order valence-corrected chi connectivity index (χ1v) is 4.84. The average Bonchev–Trinajstić information content (AvgIpc) is 2.26. The lowest BCUT2D eigenvalue weighted by Gasteiger charge is -2.11. The number of ether oxygens (including phenoxy) is 2. The van der Waals surface area contributed by atoms with Crippen LogP contribution >= 0.6 is 11.6 Å². The maximum atomic E-state index is 10.6. The van der Waals surface area contributed by atoms with E-state index >= 15 is 0 Å². The van der Waals surface area contributed by atoms with Crippen molar-refractivity contribution < 1.29 is 19.4 Å². The highest BCUT2D eigenvalue weighted by molar-refractivity contribution is 6.31. The van der Waals surface area contributed by atoms with Crippen LogP contribution in [0.4, 0.5) is 0 Å². The maximum Gasteiger partial charge on any atom is 0.255 e. The standard InChI is InChI=1S/C10H12ClNO4/c1-15-8-2-6(4-13)7(11)3-9(8)16-5-10(12)14/h2-3,13H,4-5H2,1H3,(H2,12,14). The van der Waals surface area contributed by atoms with Crippen LogP contribution < -0.4 is 15.2 Å². The molecule has 0 radical (unpaired) electrons. The quantitative estimate of drug-likeness (QED) is 0.800. The van der Waals surface area contributed by atoms with Gasteiger partial charge in [-0.2, -0.15) is 0 Å². The van der Waals surface area contributed by atoms with Crippen molar-refractivity contribution in [1.82, 2.24) is 0 Å². The predicted molar refractivity (Wildman–Crippen MR) is 58.6 cm³/mol. The van der Waals surface area contributed by atoms with Crippen LogP contribution in [0.25, 0.3) is 0 Å². The number of aliphatic hydroxyl groups excluding tert-OH is 1. The van der Waals surface area contributed by atoms with Gasteiger partial charge in [-0.05, 0) is 11.6 Å². The Labute approximate surface area is 97.7 Å². The highest BCUT2D eigenvalue weighted by Crippen LogP contribution is 2.33. The van der Waals surface area contributed by atoms with Crippen LogP contribution in [0.2, 0.25) is 5.02 Å². The molecule has 88 valence electrons. The Bertz CT molecular complexity index is 395. The number of benzene rings is 1. The van der Waals surface area contributed by atoms with Crippen LogP contribution in [-0.4, -0.2) is 24.7 Å². The van der Waals surface area contributed by atoms with E-state index in [2.05, 4.69) is 0 Å². The lowest BCUT2D eigenvalue weighted by Crippen LogP contribution is -2.20. The minimum atomic E-state index is -0.593. The second-order valence-electron chi connectivity index (χ2n) is 3.01. The molecule has 1 aromatic carbocycles. The van der Waals surface area contributed by atoms with E-state index < -0.39 is 5.91 Å². The van der Waals surface area contributed by atoms with Crippen LogP contribution in [0.15, 0.2) is 12.1 Å². The summed E-state index contributed by atoms with van der Waals surface area (Å²) in [6, 6.07) is 3.01. The maximum absolute atomic E-state index is 10.6. The average molecular weight is 246 g/mol. The lowest BCUT2D eigenvalue weighted by atomic mass is 10.2. The topological polar surface area (TPSA) is 81.8 Å². The molecule has 0 saturated heterocycles. The summed E-state index contributed by atoms with van der Waals surface area (Å²) in [5.74, 6) is 0.0996. The molecule has 1 amide bonds. The smallest absolute Gasteiger partial charge is 0.255 e. The second-order valence-corrected chi connectivity index (χ2v) is 3.41. The molecule has 0 atom stereocenters. The number of carbonyl (C=O) groups is 1. The Kier molecular flexibility index (Phi) is 4.39. The first kappa shape index (κ1) is 12.6. The van der Waals surface area contributed by atoms with Crippen molar-refractivity contribution in [2.24, 2.45) is 5.73 Å². The molecule has 5 nitrogen and oxygen atoms in total. The molecule has 0 saturated carbocycles. The Balaban J connectivity index is 2.98. The van der Waals surface area contributed by atoms with E-state index in [1.54, 1.807) is 6.07 Å². The van der Waals surface area contributed by atoms with Crippen molar-refractivity contribution in [1.29, 1.82) is 0 Å². The molecule has 0 aromatic heterocycles. The Morgan fingerprint density at radius 2 is 2.19 bits per heavy atom. The first-order valence-electron chi connectivity index (χ1n) is 4.46. The SMILES string of the molecule is COc1cc(CO)c(Cl)cc1OCC(N)=O. The number of carbonyl (C=O) groups excluding carboxylic acids is 1. The lowest BCUT2D eigenvalue weighted by molar-refractivity contribution is -0.119. The van der Waals surface area contributed by atoms with E-state index in [1.807, 2.05) is 0 Å². The number of nitrogens with two attached hydrogens (primary N) is 1. The van der Waals surface area contributed by atoms with E-state index in [0.717, 1.165) is 0 Å². The molecule has 0 bridgehead atoms. The van der Waals surface area contributed by atoms with Crippen LogP contribution in [0.3, 0.4) is 0 Å². The van der Waals surface area contributed by atoms with Crippen molar-refractivity contribution in [3.63, 3.8) is 0 Å². The van der Waals surface area contributed by atoms with Gasteiger partial charge in [0.15, 0.2) is 18.1 Å². The number of hydrogen-bond acceptors (Lipinski definition) is 4. The summed E-state index contributed by atoms with van der Waals surface area (Å²) in [5, 5.41) is 9.33. The van der Waals surface area contributed by atoms with E-state index in [1.165, 1.54) is 13.2 Å². The number of hydrogen-bond donors (Lipinski definition) is 2. The number of halogens is 1. The number of primary amides is 1. The van der Waals surface area contributed by atoms with E-state index in [0.29, 0.717) is 22.1 Å². The second kappa shape index (κ2) is 5.58. The van der Waals surface area contributed by atoms with E-state index in [-0.39, 0.29) is 13.2 Å². The van der Waals surface area contributed by atoms with Gasteiger partial charge in [-0.3, -0.25) is 4.79 Å². The summed E-state index contributed by atoms with van der Waals surface area (Å²) < 4.78 is 10.1. The van der Waals surface area contributed by atoms with Crippen molar-refractivity contribution >= 4 is 17.5 Å². The normalized spacial score (nSPS) is 9.94. The van der Waals surface area contributed by atoms with Gasteiger partial charge in [-0.15, -0.1) is 0 Å². The third-order valence-corrected chi connectivity index (χ3v) is 2.22. The number of amides is 1. The zero-order chi connectivity index (χ0) is 12.1. The number of aliphatic hydroxyl groups is 1. The molecular formula is C10H12ClNO4. The molecule has 0 fully saturated rings. The van der Waals surface area contributed by atoms with Gasteiger partial charge in [0.2, 0.25) is 0 Å². The van der Waals surface area contributed by atoms with E-state index in [4.69, 9.17) is 31.9 Å². The molecule has 3 N–H and O–H groups in total. The summed E-state index contributed by atoms with van der Waals surface area (Å²) in [4.78, 5) is 10.6. The first-order chi connectivity index (χ1) is 7.58. The molecule has 0 aliphatic heterocycles. The van der Waals surface area contributed by atoms with Gasteiger partial charge in [0.1, 0.15) is 0 Å². The molecule has 0 spiro atoms. The Morgan fingerprint density at radius 1 is 1.50 bits per heavy atom. The molecule has 0 aliphatic carbocycles. The van der Waals surface area contributed by atoms with Gasteiger partial charge in [-0.1, -0.05) is 11.6 Å². The highest BCUT2D eigenvalue weighted by Gasteiger charge is 2.10. The molecular weight excluding hydrogens is 234 g/mol. The minimum Gasteiger partial charge on any atom is -0.493 e. The predicted octanol–water partition coefficient (Wildman–Crippen LogP) is 0.705. The van der Waals surface area contributed by atoms with Gasteiger partial charge in [0.05, 0.1) is 18.7 Å². The largest absolute Gasteiger partial charge is 0.493 e. The fraction of sp³-hybridized carbons (Fsp3) is 0.300. The van der Waals surface area contributed by atoms with Gasteiger partial charge < -0.3 is 20.3 Å².